The van der Waals surface area contributed by atoms with Gasteiger partial charge in [0.05, 0.1) is 27.6 Å². The van der Waals surface area contributed by atoms with Gasteiger partial charge in [0, 0.05) is 43.7 Å². The molecule has 10 rings (SSSR count). The third kappa shape index (κ3) is 3.78. The van der Waals surface area contributed by atoms with Crippen LogP contribution in [0.3, 0.4) is 0 Å². The number of nitriles is 1. The zero-order chi connectivity index (χ0) is 31.8. The van der Waals surface area contributed by atoms with Crippen molar-refractivity contribution >= 4 is 65.6 Å². The molecule has 0 N–H and O–H groups in total. The smallest absolute Gasteiger partial charge is 0.177 e. The van der Waals surface area contributed by atoms with Crippen LogP contribution in [-0.4, -0.2) is 9.13 Å². The third-order valence-electron chi connectivity index (χ3n) is 9.42. The molecule has 48 heavy (non-hydrogen) atoms. The molecular weight excluding hydrogens is 590 g/mol. The van der Waals surface area contributed by atoms with Crippen molar-refractivity contribution in [3.8, 4) is 28.9 Å². The minimum atomic E-state index is 0.438. The lowest BCUT2D eigenvalue weighted by molar-refractivity contribution is 0.475. The molecule has 0 aliphatic rings. The predicted molar refractivity (Wildman–Crippen MR) is 194 cm³/mol. The van der Waals surface area contributed by atoms with Gasteiger partial charge in [-0.3, -0.25) is 0 Å². The molecule has 0 radical (unpaired) electrons. The number of ether oxygens (including phenoxy) is 1. The Labute approximate surface area is 274 Å². The molecule has 7 aromatic carbocycles. The number of hydrogen-bond acceptors (Lipinski definition) is 3. The second-order valence-electron chi connectivity index (χ2n) is 12.0. The lowest BCUT2D eigenvalue weighted by atomic mass is 10.1. The summed E-state index contributed by atoms with van der Waals surface area (Å²) < 4.78 is 17.1. The fourth-order valence-electron chi connectivity index (χ4n) is 7.33. The zero-order valence-electron chi connectivity index (χ0n) is 25.6. The molecule has 3 aromatic heterocycles. The molecule has 10 aromatic rings. The quantitative estimate of drug-likeness (QED) is 0.198. The maximum absolute atomic E-state index is 10.3. The van der Waals surface area contributed by atoms with Crippen molar-refractivity contribution in [3.63, 3.8) is 0 Å². The van der Waals surface area contributed by atoms with Crippen molar-refractivity contribution in [3.05, 3.63) is 157 Å². The van der Waals surface area contributed by atoms with Crippen LogP contribution in [0.1, 0.15) is 5.56 Å². The summed E-state index contributed by atoms with van der Waals surface area (Å²) in [4.78, 5) is 0. The van der Waals surface area contributed by atoms with Gasteiger partial charge >= 0.3 is 0 Å². The molecule has 0 aliphatic heterocycles. The average Bonchev–Trinajstić information content (AvgIpc) is 3.80. The van der Waals surface area contributed by atoms with Crippen molar-refractivity contribution < 1.29 is 9.15 Å². The van der Waals surface area contributed by atoms with E-state index >= 15 is 0 Å². The van der Waals surface area contributed by atoms with E-state index in [2.05, 4.69) is 106 Å². The van der Waals surface area contributed by atoms with Gasteiger partial charge in [-0.1, -0.05) is 84.9 Å². The maximum atomic E-state index is 10.3. The monoisotopic (exact) mass is 615 g/mol. The van der Waals surface area contributed by atoms with E-state index in [-0.39, 0.29) is 0 Å². The van der Waals surface area contributed by atoms with E-state index in [1.54, 1.807) is 0 Å². The van der Waals surface area contributed by atoms with Gasteiger partial charge in [-0.2, -0.15) is 5.26 Å². The molecule has 0 saturated heterocycles. The lowest BCUT2D eigenvalue weighted by Crippen LogP contribution is -1.97. The van der Waals surface area contributed by atoms with Crippen molar-refractivity contribution in [1.29, 1.82) is 5.26 Å². The van der Waals surface area contributed by atoms with Gasteiger partial charge in [-0.25, -0.2) is 0 Å². The van der Waals surface area contributed by atoms with Crippen LogP contribution in [0.25, 0.3) is 76.9 Å². The highest BCUT2D eigenvalue weighted by Crippen LogP contribution is 2.40. The van der Waals surface area contributed by atoms with Crippen LogP contribution >= 0.6 is 0 Å². The SMILES string of the molecule is N#Cc1cc(-n2c3ccccc3c3cc(-n4c5ccccc5c5ccccc54)ccc32)ccc1Oc1cccc2c1oc1ccccc12. The summed E-state index contributed by atoms with van der Waals surface area (Å²) in [7, 11) is 0. The van der Waals surface area contributed by atoms with Gasteiger partial charge in [0.15, 0.2) is 11.3 Å². The molecule has 0 spiro atoms. The lowest BCUT2D eigenvalue weighted by Gasteiger charge is -2.13. The number of furan rings is 1. The number of rotatable bonds is 4. The van der Waals surface area contributed by atoms with Gasteiger partial charge in [-0.15, -0.1) is 0 Å². The molecule has 3 heterocycles. The van der Waals surface area contributed by atoms with E-state index < -0.39 is 0 Å². The van der Waals surface area contributed by atoms with E-state index in [0.29, 0.717) is 22.6 Å². The Hall–Kier alpha value is -6.77. The zero-order valence-corrected chi connectivity index (χ0v) is 25.6. The largest absolute Gasteiger partial charge is 0.452 e. The maximum Gasteiger partial charge on any atom is 0.177 e. The molecule has 0 atom stereocenters. The van der Waals surface area contributed by atoms with Crippen molar-refractivity contribution in [2.24, 2.45) is 0 Å². The Morgan fingerprint density at radius 1 is 0.458 bits per heavy atom. The van der Waals surface area contributed by atoms with Gasteiger partial charge in [0.2, 0.25) is 0 Å². The predicted octanol–water partition coefficient (Wildman–Crippen LogP) is 11.4. The van der Waals surface area contributed by atoms with Gasteiger partial charge in [0.25, 0.3) is 0 Å². The number of hydrogen-bond donors (Lipinski definition) is 0. The summed E-state index contributed by atoms with van der Waals surface area (Å²) in [5, 5.41) is 17.1. The second kappa shape index (κ2) is 10.1. The number of nitrogens with zero attached hydrogens (tertiary/aromatic N) is 3. The van der Waals surface area contributed by atoms with E-state index in [0.717, 1.165) is 49.5 Å². The first-order chi connectivity index (χ1) is 23.8. The topological polar surface area (TPSA) is 56.0 Å². The fourth-order valence-corrected chi connectivity index (χ4v) is 7.33. The van der Waals surface area contributed by atoms with Gasteiger partial charge in [-0.05, 0) is 66.7 Å². The van der Waals surface area contributed by atoms with E-state index in [4.69, 9.17) is 9.15 Å². The molecule has 5 heteroatoms. The van der Waals surface area contributed by atoms with Crippen LogP contribution < -0.4 is 4.74 Å². The normalized spacial score (nSPS) is 11.7. The number of fused-ring (bicyclic) bond motifs is 9. The molecule has 224 valence electrons. The number of aromatic nitrogens is 2. The summed E-state index contributed by atoms with van der Waals surface area (Å²) in [6.07, 6.45) is 0. The third-order valence-corrected chi connectivity index (χ3v) is 9.42. The summed E-state index contributed by atoms with van der Waals surface area (Å²) >= 11 is 0. The molecule has 5 nitrogen and oxygen atoms in total. The van der Waals surface area contributed by atoms with E-state index in [1.165, 1.54) is 21.8 Å². The molecule has 0 unspecified atom stereocenters. The molecule has 0 bridgehead atoms. The highest BCUT2D eigenvalue weighted by atomic mass is 16.5. The molecule has 0 saturated carbocycles. The van der Waals surface area contributed by atoms with Crippen LogP contribution in [0.15, 0.2) is 156 Å². The minimum Gasteiger partial charge on any atom is -0.452 e. The Morgan fingerprint density at radius 2 is 1.00 bits per heavy atom. The van der Waals surface area contributed by atoms with Crippen LogP contribution in [0.5, 0.6) is 11.5 Å². The van der Waals surface area contributed by atoms with Crippen LogP contribution in [-0.2, 0) is 0 Å². The van der Waals surface area contributed by atoms with Crippen molar-refractivity contribution in [2.45, 2.75) is 0 Å². The van der Waals surface area contributed by atoms with Crippen LogP contribution in [0.4, 0.5) is 0 Å². The Bertz CT molecular complexity index is 2900. The van der Waals surface area contributed by atoms with Crippen LogP contribution in [0, 0.1) is 11.3 Å². The summed E-state index contributed by atoms with van der Waals surface area (Å²) in [6.45, 7) is 0. The Kier molecular flexibility index (Phi) is 5.57. The summed E-state index contributed by atoms with van der Waals surface area (Å²) in [5.74, 6) is 1.05. The first kappa shape index (κ1) is 26.4. The summed E-state index contributed by atoms with van der Waals surface area (Å²) in [5.41, 5.74) is 8.36. The summed E-state index contributed by atoms with van der Waals surface area (Å²) in [6, 6.07) is 54.2. The van der Waals surface area contributed by atoms with E-state index in [9.17, 15) is 5.26 Å². The fraction of sp³-hybridized carbons (Fsp3) is 0. The first-order valence-electron chi connectivity index (χ1n) is 15.9. The molecule has 0 aliphatic carbocycles. The number of para-hydroxylation sites is 5. The standard InChI is InChI=1S/C43H25N3O2/c44-26-27-24-28(21-23-40(27)47-42-19-9-14-34-33-13-4-8-18-41(33)48-43(34)42)45-38-17-7-3-12-32(38)35-25-29(20-22-39(35)45)46-36-15-5-1-10-30(36)31-11-2-6-16-37(31)46/h1-25H. The highest BCUT2D eigenvalue weighted by molar-refractivity contribution is 6.12. The van der Waals surface area contributed by atoms with Crippen molar-refractivity contribution in [1.82, 2.24) is 9.13 Å². The van der Waals surface area contributed by atoms with Gasteiger partial charge in [0.1, 0.15) is 17.4 Å². The van der Waals surface area contributed by atoms with E-state index in [1.807, 2.05) is 60.7 Å². The molecule has 0 fully saturated rings. The first-order valence-corrected chi connectivity index (χ1v) is 15.9. The Balaban J connectivity index is 1.12. The molecule has 0 amide bonds. The van der Waals surface area contributed by atoms with Crippen molar-refractivity contribution in [2.75, 3.05) is 0 Å². The number of benzene rings is 7. The van der Waals surface area contributed by atoms with Crippen LogP contribution in [0.2, 0.25) is 0 Å². The Morgan fingerprint density at radius 3 is 1.69 bits per heavy atom. The second-order valence-corrected chi connectivity index (χ2v) is 12.0. The highest BCUT2D eigenvalue weighted by Gasteiger charge is 2.18. The van der Waals surface area contributed by atoms with Gasteiger partial charge < -0.3 is 18.3 Å². The molecular formula is C43H25N3O2. The minimum absolute atomic E-state index is 0.438. The average molecular weight is 616 g/mol.